The molecule has 2 aromatic heterocycles. The van der Waals surface area contributed by atoms with Gasteiger partial charge in [0.25, 0.3) is 0 Å². The molecule has 4 aromatic rings. The minimum Gasteiger partial charge on any atom is -0.508 e. The molecule has 0 atom stereocenters. The van der Waals surface area contributed by atoms with Crippen LogP contribution in [0.4, 0.5) is 11.5 Å². The number of carbonyl (C=O) groups excluding carboxylic acids is 1. The number of ether oxygens (including phenoxy) is 1. The molecule has 1 saturated heterocycles. The monoisotopic (exact) mass is 518 g/mol. The van der Waals surface area contributed by atoms with Crippen LogP contribution in [-0.2, 0) is 11.2 Å². The standard InChI is InChI=1S/C27H30N6O5/c1-17-11-21(13-23-26(17)31-27(36)38-23)37-25-14-24(29-15-30-25)32-9-6-19(7-10-32)33(16-34)8-5-18-12-20(35)3-4-22(18)28-2/h3-4,11-16,19,28,35H,5-10H2,1-2H3,(H,31,36). The molecule has 5 rings (SSSR count). The number of aromatic hydroxyl groups is 1. The van der Waals surface area contributed by atoms with E-state index >= 15 is 0 Å². The van der Waals surface area contributed by atoms with E-state index in [1.54, 1.807) is 24.3 Å². The first kappa shape index (κ1) is 25.1. The number of piperidine rings is 1. The molecule has 1 fully saturated rings. The Morgan fingerprint density at radius 2 is 2.05 bits per heavy atom. The molecule has 38 heavy (non-hydrogen) atoms. The quantitative estimate of drug-likeness (QED) is 0.225. The minimum absolute atomic E-state index is 0.127. The molecule has 11 nitrogen and oxygen atoms in total. The molecule has 3 heterocycles. The summed E-state index contributed by atoms with van der Waals surface area (Å²) >= 11 is 0. The first-order chi connectivity index (χ1) is 18.4. The van der Waals surface area contributed by atoms with Crippen molar-refractivity contribution >= 4 is 29.0 Å². The second-order valence-corrected chi connectivity index (χ2v) is 9.35. The van der Waals surface area contributed by atoms with Gasteiger partial charge in [0.2, 0.25) is 12.3 Å². The van der Waals surface area contributed by atoms with Crippen molar-refractivity contribution in [3.05, 3.63) is 64.4 Å². The third kappa shape index (κ3) is 5.41. The number of H-pyrrole nitrogens is 1. The van der Waals surface area contributed by atoms with Crippen LogP contribution in [0.5, 0.6) is 17.4 Å². The number of nitrogens with one attached hydrogen (secondary N) is 2. The summed E-state index contributed by atoms with van der Waals surface area (Å²) in [6.45, 7) is 3.91. The molecule has 0 aliphatic carbocycles. The summed E-state index contributed by atoms with van der Waals surface area (Å²) in [6, 6.07) is 10.6. The smallest absolute Gasteiger partial charge is 0.417 e. The summed E-state index contributed by atoms with van der Waals surface area (Å²) in [6.07, 6.45) is 4.64. The number of hydrogen-bond donors (Lipinski definition) is 3. The third-order valence-electron chi connectivity index (χ3n) is 6.94. The van der Waals surface area contributed by atoms with Crippen molar-refractivity contribution in [2.45, 2.75) is 32.2 Å². The fourth-order valence-corrected chi connectivity index (χ4v) is 4.96. The Bertz CT molecular complexity index is 1490. The number of aromatic nitrogens is 3. The van der Waals surface area contributed by atoms with Crippen LogP contribution in [-0.4, -0.2) is 64.1 Å². The molecule has 1 amide bonds. The molecular weight excluding hydrogens is 488 g/mol. The number of amides is 1. The summed E-state index contributed by atoms with van der Waals surface area (Å²) in [4.78, 5) is 38.8. The maximum absolute atomic E-state index is 11.9. The molecule has 11 heteroatoms. The van der Waals surface area contributed by atoms with Gasteiger partial charge < -0.3 is 29.4 Å². The summed E-state index contributed by atoms with van der Waals surface area (Å²) in [5, 5.41) is 13.0. The Kier molecular flexibility index (Phi) is 7.16. The third-order valence-corrected chi connectivity index (χ3v) is 6.94. The number of fused-ring (bicyclic) bond motifs is 1. The van der Waals surface area contributed by atoms with E-state index in [0.29, 0.717) is 35.7 Å². The summed E-state index contributed by atoms with van der Waals surface area (Å²) < 4.78 is 11.1. The predicted octanol–water partition coefficient (Wildman–Crippen LogP) is 3.43. The SMILES string of the molecule is CNc1ccc(O)cc1CCN(C=O)C1CCN(c2cc(Oc3cc(C)c4[nH]c(=O)oc4c3)ncn2)CC1. The molecule has 0 unspecified atom stereocenters. The van der Waals surface area contributed by atoms with Gasteiger partial charge >= 0.3 is 5.76 Å². The molecule has 198 valence electrons. The van der Waals surface area contributed by atoms with Crippen LogP contribution in [0.3, 0.4) is 0 Å². The van der Waals surface area contributed by atoms with Crippen LogP contribution in [0.25, 0.3) is 11.1 Å². The number of anilines is 2. The number of hydrogen-bond acceptors (Lipinski definition) is 9. The Morgan fingerprint density at radius 3 is 2.82 bits per heavy atom. The zero-order valence-electron chi connectivity index (χ0n) is 21.3. The molecule has 2 aromatic carbocycles. The van der Waals surface area contributed by atoms with E-state index in [9.17, 15) is 14.7 Å². The van der Waals surface area contributed by atoms with Crippen molar-refractivity contribution < 1.29 is 19.1 Å². The zero-order valence-corrected chi connectivity index (χ0v) is 21.3. The van der Waals surface area contributed by atoms with Gasteiger partial charge in [-0.1, -0.05) is 0 Å². The lowest BCUT2D eigenvalue weighted by Crippen LogP contribution is -2.45. The summed E-state index contributed by atoms with van der Waals surface area (Å²) in [7, 11) is 1.84. The Labute approximate surface area is 219 Å². The molecule has 0 radical (unpaired) electrons. The number of phenols is 1. The lowest BCUT2D eigenvalue weighted by molar-refractivity contribution is -0.120. The van der Waals surface area contributed by atoms with Gasteiger partial charge in [0, 0.05) is 50.5 Å². The van der Waals surface area contributed by atoms with Crippen LogP contribution >= 0.6 is 0 Å². The number of carbonyl (C=O) groups is 1. The average molecular weight is 519 g/mol. The predicted molar refractivity (Wildman–Crippen MR) is 143 cm³/mol. The normalized spacial score (nSPS) is 14.0. The lowest BCUT2D eigenvalue weighted by Gasteiger charge is -2.37. The Hall–Kier alpha value is -4.54. The van der Waals surface area contributed by atoms with Gasteiger partial charge in [-0.05, 0) is 61.6 Å². The number of aryl methyl sites for hydroxylation is 1. The summed E-state index contributed by atoms with van der Waals surface area (Å²) in [5.41, 5.74) is 3.80. The number of aromatic amines is 1. The fourth-order valence-electron chi connectivity index (χ4n) is 4.96. The number of benzene rings is 2. The van der Waals surface area contributed by atoms with Gasteiger partial charge in [-0.25, -0.2) is 14.8 Å². The van der Waals surface area contributed by atoms with Crippen molar-refractivity contribution in [3.8, 4) is 17.4 Å². The molecule has 0 saturated carbocycles. The molecular formula is C27H30N6O5. The number of nitrogens with zero attached hydrogens (tertiary/aromatic N) is 4. The van der Waals surface area contributed by atoms with E-state index in [1.807, 2.05) is 31.0 Å². The van der Waals surface area contributed by atoms with Crippen molar-refractivity contribution in [1.29, 1.82) is 0 Å². The molecule has 1 aliphatic rings. The van der Waals surface area contributed by atoms with Gasteiger partial charge in [0.15, 0.2) is 5.58 Å². The first-order valence-corrected chi connectivity index (χ1v) is 12.5. The van der Waals surface area contributed by atoms with E-state index < -0.39 is 5.76 Å². The average Bonchev–Trinajstić information content (AvgIpc) is 3.30. The highest BCUT2D eigenvalue weighted by Crippen LogP contribution is 2.29. The Morgan fingerprint density at radius 1 is 1.24 bits per heavy atom. The Balaban J connectivity index is 1.21. The summed E-state index contributed by atoms with van der Waals surface area (Å²) in [5.74, 6) is 1.34. The fraction of sp³-hybridized carbons (Fsp3) is 0.333. The highest BCUT2D eigenvalue weighted by molar-refractivity contribution is 5.77. The highest BCUT2D eigenvalue weighted by Gasteiger charge is 2.25. The number of phenolic OH excluding ortho intramolecular Hbond substituents is 1. The van der Waals surface area contributed by atoms with Gasteiger partial charge in [0.05, 0.1) is 5.52 Å². The maximum Gasteiger partial charge on any atom is 0.417 e. The van der Waals surface area contributed by atoms with Gasteiger partial charge in [-0.3, -0.25) is 9.78 Å². The number of oxazole rings is 1. The minimum atomic E-state index is -0.511. The van der Waals surface area contributed by atoms with E-state index in [0.717, 1.165) is 55.0 Å². The maximum atomic E-state index is 11.9. The van der Waals surface area contributed by atoms with Gasteiger partial charge in [0.1, 0.15) is 23.6 Å². The van der Waals surface area contributed by atoms with Crippen molar-refractivity contribution in [2.75, 3.05) is 36.9 Å². The topological polar surface area (TPSA) is 137 Å². The van der Waals surface area contributed by atoms with E-state index in [-0.39, 0.29) is 11.8 Å². The van der Waals surface area contributed by atoms with Crippen LogP contribution in [0, 0.1) is 6.92 Å². The van der Waals surface area contributed by atoms with Gasteiger partial charge in [-0.15, -0.1) is 0 Å². The molecule has 0 bridgehead atoms. The highest BCUT2D eigenvalue weighted by atomic mass is 16.5. The largest absolute Gasteiger partial charge is 0.508 e. The van der Waals surface area contributed by atoms with E-state index in [2.05, 4.69) is 25.2 Å². The van der Waals surface area contributed by atoms with Crippen LogP contribution in [0.15, 0.2) is 51.9 Å². The van der Waals surface area contributed by atoms with Crippen LogP contribution < -0.4 is 20.7 Å². The second kappa shape index (κ2) is 10.8. The zero-order chi connectivity index (χ0) is 26.6. The molecule has 0 spiro atoms. The van der Waals surface area contributed by atoms with Crippen LogP contribution in [0.2, 0.25) is 0 Å². The number of rotatable bonds is 9. The van der Waals surface area contributed by atoms with Crippen molar-refractivity contribution in [2.24, 2.45) is 0 Å². The molecule has 3 N–H and O–H groups in total. The first-order valence-electron chi connectivity index (χ1n) is 12.5. The van der Waals surface area contributed by atoms with Crippen molar-refractivity contribution in [3.63, 3.8) is 0 Å². The molecule has 1 aliphatic heterocycles. The van der Waals surface area contributed by atoms with Crippen LogP contribution in [0.1, 0.15) is 24.0 Å². The second-order valence-electron chi connectivity index (χ2n) is 9.35. The lowest BCUT2D eigenvalue weighted by atomic mass is 10.0. The van der Waals surface area contributed by atoms with E-state index in [4.69, 9.17) is 9.15 Å². The van der Waals surface area contributed by atoms with Crippen molar-refractivity contribution in [1.82, 2.24) is 19.9 Å². The van der Waals surface area contributed by atoms with E-state index in [1.165, 1.54) is 6.33 Å². The van der Waals surface area contributed by atoms with Gasteiger partial charge in [-0.2, -0.15) is 0 Å².